The number of amides is 1. The van der Waals surface area contributed by atoms with Crippen LogP contribution in [0.25, 0.3) is 0 Å². The molecule has 0 aliphatic rings. The maximum atomic E-state index is 13.5. The maximum absolute atomic E-state index is 13.5. The number of nitrogens with one attached hydrogen (secondary N) is 1. The minimum absolute atomic E-state index is 0.0672. The zero-order valence-corrected chi connectivity index (χ0v) is 12.8. The van der Waals surface area contributed by atoms with Crippen LogP contribution in [-0.2, 0) is 22.4 Å². The number of carboxylic acids is 1. The highest BCUT2D eigenvalue weighted by Crippen LogP contribution is 2.11. The summed E-state index contributed by atoms with van der Waals surface area (Å²) in [6, 6.07) is 11.9. The quantitative estimate of drug-likeness (QED) is 0.818. The fourth-order valence-corrected chi connectivity index (χ4v) is 2.30. The van der Waals surface area contributed by atoms with Crippen LogP contribution in [0.15, 0.2) is 48.5 Å². The SMILES string of the molecule is O=C(Cc1cc(F)ccc1F)NCC(Cc1ccccc1)C(=O)O. The van der Waals surface area contributed by atoms with E-state index in [1.807, 2.05) is 6.07 Å². The summed E-state index contributed by atoms with van der Waals surface area (Å²) < 4.78 is 26.6. The van der Waals surface area contributed by atoms with Crippen LogP contribution < -0.4 is 5.32 Å². The van der Waals surface area contributed by atoms with Crippen molar-refractivity contribution in [2.75, 3.05) is 6.54 Å². The van der Waals surface area contributed by atoms with Gasteiger partial charge in [0.15, 0.2) is 0 Å². The number of rotatable bonds is 7. The minimum atomic E-state index is -1.03. The molecule has 0 bridgehead atoms. The van der Waals surface area contributed by atoms with Gasteiger partial charge in [0, 0.05) is 12.1 Å². The molecule has 2 aromatic carbocycles. The van der Waals surface area contributed by atoms with Crippen LogP contribution in [-0.4, -0.2) is 23.5 Å². The van der Waals surface area contributed by atoms with Crippen molar-refractivity contribution in [1.82, 2.24) is 5.32 Å². The monoisotopic (exact) mass is 333 g/mol. The number of halogens is 2. The zero-order valence-electron chi connectivity index (χ0n) is 12.8. The van der Waals surface area contributed by atoms with Gasteiger partial charge in [0.25, 0.3) is 0 Å². The molecule has 0 aromatic heterocycles. The molecular formula is C18H17F2NO3. The van der Waals surface area contributed by atoms with Crippen molar-refractivity contribution < 1.29 is 23.5 Å². The molecule has 1 unspecified atom stereocenters. The third kappa shape index (κ3) is 5.15. The smallest absolute Gasteiger partial charge is 0.308 e. The topological polar surface area (TPSA) is 66.4 Å². The Kier molecular flexibility index (Phi) is 6.01. The number of hydrogen-bond acceptors (Lipinski definition) is 2. The normalized spacial score (nSPS) is 11.8. The number of aliphatic carboxylic acids is 1. The van der Waals surface area contributed by atoms with Crippen molar-refractivity contribution in [3.63, 3.8) is 0 Å². The Bertz CT molecular complexity index is 719. The molecule has 0 heterocycles. The van der Waals surface area contributed by atoms with E-state index < -0.39 is 29.4 Å². The van der Waals surface area contributed by atoms with Crippen molar-refractivity contribution >= 4 is 11.9 Å². The van der Waals surface area contributed by atoms with Crippen LogP contribution in [0, 0.1) is 17.6 Å². The Morgan fingerprint density at radius 3 is 2.46 bits per heavy atom. The van der Waals surface area contributed by atoms with Gasteiger partial charge in [0.2, 0.25) is 5.91 Å². The van der Waals surface area contributed by atoms with Gasteiger partial charge in [0.05, 0.1) is 12.3 Å². The minimum Gasteiger partial charge on any atom is -0.481 e. The first kappa shape index (κ1) is 17.6. The van der Waals surface area contributed by atoms with E-state index in [1.54, 1.807) is 24.3 Å². The Labute approximate surface area is 138 Å². The van der Waals surface area contributed by atoms with Gasteiger partial charge in [-0.05, 0) is 30.2 Å². The van der Waals surface area contributed by atoms with Crippen molar-refractivity contribution in [3.05, 3.63) is 71.3 Å². The lowest BCUT2D eigenvalue weighted by atomic mass is 9.99. The van der Waals surface area contributed by atoms with Gasteiger partial charge >= 0.3 is 5.97 Å². The van der Waals surface area contributed by atoms with Crippen molar-refractivity contribution in [1.29, 1.82) is 0 Å². The summed E-state index contributed by atoms with van der Waals surface area (Å²) in [6.45, 7) is -0.0833. The van der Waals surface area contributed by atoms with E-state index in [2.05, 4.69) is 5.32 Å². The molecule has 2 aromatic rings. The van der Waals surface area contributed by atoms with E-state index in [0.29, 0.717) is 0 Å². The molecule has 6 heteroatoms. The lowest BCUT2D eigenvalue weighted by molar-refractivity contribution is -0.141. The summed E-state index contributed by atoms with van der Waals surface area (Å²) in [7, 11) is 0. The number of benzene rings is 2. The molecule has 0 spiro atoms. The fourth-order valence-electron chi connectivity index (χ4n) is 2.30. The van der Waals surface area contributed by atoms with Gasteiger partial charge in [-0.15, -0.1) is 0 Å². The largest absolute Gasteiger partial charge is 0.481 e. The van der Waals surface area contributed by atoms with Crippen LogP contribution >= 0.6 is 0 Å². The summed E-state index contributed by atoms with van der Waals surface area (Å²) >= 11 is 0. The second-order valence-corrected chi connectivity index (χ2v) is 5.44. The van der Waals surface area contributed by atoms with E-state index >= 15 is 0 Å². The molecule has 0 saturated heterocycles. The van der Waals surface area contributed by atoms with Gasteiger partial charge in [-0.2, -0.15) is 0 Å². The van der Waals surface area contributed by atoms with E-state index in [-0.39, 0.29) is 24.9 Å². The molecule has 2 N–H and O–H groups in total. The van der Waals surface area contributed by atoms with Crippen LogP contribution in [0.2, 0.25) is 0 Å². The zero-order chi connectivity index (χ0) is 17.5. The van der Waals surface area contributed by atoms with Gasteiger partial charge in [0.1, 0.15) is 11.6 Å². The lowest BCUT2D eigenvalue weighted by Gasteiger charge is -2.14. The summed E-state index contributed by atoms with van der Waals surface area (Å²) in [5.41, 5.74) is 0.776. The highest BCUT2D eigenvalue weighted by atomic mass is 19.1. The highest BCUT2D eigenvalue weighted by Gasteiger charge is 2.19. The van der Waals surface area contributed by atoms with Gasteiger partial charge in [-0.1, -0.05) is 30.3 Å². The summed E-state index contributed by atoms with van der Waals surface area (Å²) in [5, 5.41) is 11.7. The van der Waals surface area contributed by atoms with Crippen molar-refractivity contribution in [2.45, 2.75) is 12.8 Å². The van der Waals surface area contributed by atoms with Gasteiger partial charge in [-0.3, -0.25) is 9.59 Å². The van der Waals surface area contributed by atoms with E-state index in [0.717, 1.165) is 23.8 Å². The molecule has 0 fully saturated rings. The molecule has 0 aliphatic carbocycles. The first-order chi connectivity index (χ1) is 11.5. The molecular weight excluding hydrogens is 316 g/mol. The molecule has 2 rings (SSSR count). The van der Waals surface area contributed by atoms with E-state index in [9.17, 15) is 23.5 Å². The van der Waals surface area contributed by atoms with Crippen molar-refractivity contribution in [3.8, 4) is 0 Å². The Hall–Kier alpha value is -2.76. The Morgan fingerprint density at radius 1 is 1.08 bits per heavy atom. The van der Waals surface area contributed by atoms with E-state index in [4.69, 9.17) is 0 Å². The standard InChI is InChI=1S/C18H17F2NO3/c19-15-6-7-16(20)13(9-15)10-17(22)21-11-14(18(23)24)8-12-4-2-1-3-5-12/h1-7,9,14H,8,10-11H2,(H,21,22)(H,23,24). The second kappa shape index (κ2) is 8.19. The maximum Gasteiger partial charge on any atom is 0.308 e. The molecule has 0 aliphatic heterocycles. The average Bonchev–Trinajstić information content (AvgIpc) is 2.55. The van der Waals surface area contributed by atoms with Crippen molar-refractivity contribution in [2.24, 2.45) is 5.92 Å². The predicted octanol–water partition coefficient (Wildman–Crippen LogP) is 2.57. The van der Waals surface area contributed by atoms with Crippen LogP contribution in [0.5, 0.6) is 0 Å². The highest BCUT2D eigenvalue weighted by molar-refractivity contribution is 5.79. The predicted molar refractivity (Wildman–Crippen MR) is 84.3 cm³/mol. The molecule has 0 saturated carbocycles. The molecule has 0 radical (unpaired) electrons. The number of carboxylic acid groups (broad SMARTS) is 1. The number of carbonyl (C=O) groups is 2. The molecule has 4 nitrogen and oxygen atoms in total. The lowest BCUT2D eigenvalue weighted by Crippen LogP contribution is -2.35. The summed E-state index contributed by atoms with van der Waals surface area (Å²) in [4.78, 5) is 23.2. The molecule has 1 amide bonds. The number of carbonyl (C=O) groups excluding carboxylic acids is 1. The Morgan fingerprint density at radius 2 is 1.79 bits per heavy atom. The van der Waals surface area contributed by atoms with Gasteiger partial charge in [-0.25, -0.2) is 8.78 Å². The van der Waals surface area contributed by atoms with Crippen LogP contribution in [0.3, 0.4) is 0 Å². The molecule has 1 atom stereocenters. The third-order valence-corrected chi connectivity index (χ3v) is 3.58. The average molecular weight is 333 g/mol. The Balaban J connectivity index is 1.92. The molecule has 24 heavy (non-hydrogen) atoms. The summed E-state index contributed by atoms with van der Waals surface area (Å²) in [5.74, 6) is -3.69. The van der Waals surface area contributed by atoms with Crippen LogP contribution in [0.4, 0.5) is 8.78 Å². The fraction of sp³-hybridized carbons (Fsp3) is 0.222. The van der Waals surface area contributed by atoms with Gasteiger partial charge < -0.3 is 10.4 Å². The number of hydrogen-bond donors (Lipinski definition) is 2. The van der Waals surface area contributed by atoms with E-state index in [1.165, 1.54) is 0 Å². The first-order valence-electron chi connectivity index (χ1n) is 7.43. The van der Waals surface area contributed by atoms with Crippen LogP contribution in [0.1, 0.15) is 11.1 Å². The second-order valence-electron chi connectivity index (χ2n) is 5.44. The first-order valence-corrected chi connectivity index (χ1v) is 7.43. The third-order valence-electron chi connectivity index (χ3n) is 3.58. The summed E-state index contributed by atoms with van der Waals surface area (Å²) in [6.07, 6.45) is -0.0773. The molecule has 126 valence electrons.